The molecule has 1 aliphatic rings. The van der Waals surface area contributed by atoms with Crippen LogP contribution >= 0.6 is 0 Å². The van der Waals surface area contributed by atoms with Gasteiger partial charge in [-0.05, 0) is 52.6 Å². The van der Waals surface area contributed by atoms with E-state index < -0.39 is 0 Å². The van der Waals surface area contributed by atoms with Gasteiger partial charge < -0.3 is 0 Å². The van der Waals surface area contributed by atoms with Gasteiger partial charge in [0.25, 0.3) is 0 Å². The van der Waals surface area contributed by atoms with E-state index in [1.54, 1.807) is 0 Å². The standard InChI is InChI=1S/C15H29NO/c1-14(2,3)13(17)11-12-7-9-16(10-8-12)15(4,5)6/h12H,7-11H2,1-6H3. The molecule has 0 atom stereocenters. The molecule has 2 nitrogen and oxygen atoms in total. The molecule has 0 spiro atoms. The zero-order valence-corrected chi connectivity index (χ0v) is 12.5. The first-order chi connectivity index (χ1) is 7.60. The Kier molecular flexibility index (Phi) is 4.40. The van der Waals surface area contributed by atoms with Gasteiger partial charge in [0.1, 0.15) is 5.78 Å². The highest BCUT2D eigenvalue weighted by atomic mass is 16.1. The fourth-order valence-corrected chi connectivity index (χ4v) is 2.38. The van der Waals surface area contributed by atoms with Gasteiger partial charge >= 0.3 is 0 Å². The summed E-state index contributed by atoms with van der Waals surface area (Å²) in [5.74, 6) is 1.03. The van der Waals surface area contributed by atoms with Crippen molar-refractivity contribution in [1.29, 1.82) is 0 Å². The lowest BCUT2D eigenvalue weighted by Gasteiger charge is -2.41. The molecule has 2 heteroatoms. The SMILES string of the molecule is CC(C)(C)C(=O)CC1CCN(C(C)(C)C)CC1. The van der Waals surface area contributed by atoms with Gasteiger partial charge in [0.15, 0.2) is 0 Å². The van der Waals surface area contributed by atoms with Crippen LogP contribution in [0.2, 0.25) is 0 Å². The summed E-state index contributed by atoms with van der Waals surface area (Å²) in [5.41, 5.74) is 0.111. The lowest BCUT2D eigenvalue weighted by atomic mass is 9.81. The number of rotatable bonds is 2. The van der Waals surface area contributed by atoms with Crippen molar-refractivity contribution < 1.29 is 4.79 Å². The van der Waals surface area contributed by atoms with E-state index in [4.69, 9.17) is 0 Å². The third kappa shape index (κ3) is 4.42. The van der Waals surface area contributed by atoms with Gasteiger partial charge in [-0.3, -0.25) is 9.69 Å². The second kappa shape index (κ2) is 5.09. The van der Waals surface area contributed by atoms with Crippen molar-refractivity contribution in [2.45, 2.75) is 66.3 Å². The number of carbonyl (C=O) groups is 1. The quantitative estimate of drug-likeness (QED) is 0.735. The third-order valence-electron chi connectivity index (χ3n) is 3.87. The number of Topliss-reactive ketones (excluding diaryl/α,β-unsaturated/α-hetero) is 1. The van der Waals surface area contributed by atoms with Gasteiger partial charge in [-0.1, -0.05) is 20.8 Å². The Bertz CT molecular complexity index is 262. The molecule has 17 heavy (non-hydrogen) atoms. The summed E-state index contributed by atoms with van der Waals surface area (Å²) in [5, 5.41) is 0. The summed E-state index contributed by atoms with van der Waals surface area (Å²) in [6.45, 7) is 15.2. The minimum Gasteiger partial charge on any atom is -0.299 e. The van der Waals surface area contributed by atoms with Crippen molar-refractivity contribution in [1.82, 2.24) is 4.90 Å². The molecule has 0 aromatic carbocycles. The fraction of sp³-hybridized carbons (Fsp3) is 0.933. The van der Waals surface area contributed by atoms with Crippen LogP contribution in [0.25, 0.3) is 0 Å². The smallest absolute Gasteiger partial charge is 0.138 e. The number of piperidine rings is 1. The van der Waals surface area contributed by atoms with E-state index in [-0.39, 0.29) is 11.0 Å². The van der Waals surface area contributed by atoms with Crippen LogP contribution in [0.3, 0.4) is 0 Å². The summed E-state index contributed by atoms with van der Waals surface area (Å²) >= 11 is 0. The van der Waals surface area contributed by atoms with Crippen LogP contribution in [0.4, 0.5) is 0 Å². The topological polar surface area (TPSA) is 20.3 Å². The van der Waals surface area contributed by atoms with Crippen LogP contribution in [0.5, 0.6) is 0 Å². The van der Waals surface area contributed by atoms with Crippen LogP contribution < -0.4 is 0 Å². The molecular formula is C15H29NO. The normalized spacial score (nSPS) is 20.6. The molecule has 0 aliphatic carbocycles. The number of likely N-dealkylation sites (tertiary alicyclic amines) is 1. The highest BCUT2D eigenvalue weighted by molar-refractivity contribution is 5.83. The maximum Gasteiger partial charge on any atom is 0.138 e. The maximum atomic E-state index is 12.0. The fourth-order valence-electron chi connectivity index (χ4n) is 2.38. The monoisotopic (exact) mass is 239 g/mol. The average molecular weight is 239 g/mol. The predicted molar refractivity (Wildman–Crippen MR) is 73.1 cm³/mol. The first-order valence-corrected chi connectivity index (χ1v) is 6.89. The largest absolute Gasteiger partial charge is 0.299 e. The molecule has 1 aliphatic heterocycles. The van der Waals surface area contributed by atoms with Gasteiger partial charge in [-0.2, -0.15) is 0 Å². The summed E-state index contributed by atoms with van der Waals surface area (Å²) in [7, 11) is 0. The van der Waals surface area contributed by atoms with E-state index in [1.165, 1.54) is 12.8 Å². The number of carbonyl (C=O) groups excluding carboxylic acids is 1. The highest BCUT2D eigenvalue weighted by Gasteiger charge is 2.30. The maximum absolute atomic E-state index is 12.0. The Morgan fingerprint density at radius 2 is 1.53 bits per heavy atom. The van der Waals surface area contributed by atoms with Crippen molar-refractivity contribution in [3.05, 3.63) is 0 Å². The van der Waals surface area contributed by atoms with Gasteiger partial charge in [0.05, 0.1) is 0 Å². The Morgan fingerprint density at radius 3 is 1.88 bits per heavy atom. The van der Waals surface area contributed by atoms with Crippen LogP contribution in [-0.4, -0.2) is 29.3 Å². The lowest BCUT2D eigenvalue weighted by Crippen LogP contribution is -2.46. The Morgan fingerprint density at radius 1 is 1.06 bits per heavy atom. The molecule has 0 unspecified atom stereocenters. The molecular weight excluding hydrogens is 210 g/mol. The zero-order valence-electron chi connectivity index (χ0n) is 12.5. The number of hydrogen-bond acceptors (Lipinski definition) is 2. The molecule has 0 radical (unpaired) electrons. The van der Waals surface area contributed by atoms with Gasteiger partial charge in [-0.25, -0.2) is 0 Å². The highest BCUT2D eigenvalue weighted by Crippen LogP contribution is 2.28. The Labute approximate surface area is 107 Å². The van der Waals surface area contributed by atoms with E-state index in [0.717, 1.165) is 19.5 Å². The van der Waals surface area contributed by atoms with Crippen molar-refractivity contribution in [2.24, 2.45) is 11.3 Å². The molecule has 1 heterocycles. The predicted octanol–water partition coefficient (Wildman–Crippen LogP) is 3.50. The van der Waals surface area contributed by atoms with E-state index in [0.29, 0.717) is 11.7 Å². The molecule has 1 rings (SSSR count). The average Bonchev–Trinajstić information content (AvgIpc) is 2.15. The molecule has 1 fully saturated rings. The third-order valence-corrected chi connectivity index (χ3v) is 3.87. The zero-order chi connectivity index (χ0) is 13.3. The van der Waals surface area contributed by atoms with Gasteiger partial charge in [0.2, 0.25) is 0 Å². The van der Waals surface area contributed by atoms with Gasteiger partial charge in [0, 0.05) is 17.4 Å². The number of ketones is 1. The minimum absolute atomic E-state index is 0.166. The van der Waals surface area contributed by atoms with E-state index in [2.05, 4.69) is 25.7 Å². The molecule has 0 N–H and O–H groups in total. The van der Waals surface area contributed by atoms with Crippen LogP contribution in [0.15, 0.2) is 0 Å². The second-order valence-electron chi connectivity index (χ2n) is 7.48. The van der Waals surface area contributed by atoms with Crippen LogP contribution in [-0.2, 0) is 4.79 Å². The lowest BCUT2D eigenvalue weighted by molar-refractivity contribution is -0.127. The second-order valence-corrected chi connectivity index (χ2v) is 7.48. The molecule has 0 aromatic rings. The molecule has 0 saturated carbocycles. The molecule has 0 aromatic heterocycles. The van der Waals surface area contributed by atoms with Crippen molar-refractivity contribution in [3.63, 3.8) is 0 Å². The van der Waals surface area contributed by atoms with Crippen molar-refractivity contribution in [2.75, 3.05) is 13.1 Å². The molecule has 100 valence electrons. The summed E-state index contributed by atoms with van der Waals surface area (Å²) in [4.78, 5) is 14.5. The van der Waals surface area contributed by atoms with Crippen molar-refractivity contribution in [3.8, 4) is 0 Å². The van der Waals surface area contributed by atoms with Crippen LogP contribution in [0.1, 0.15) is 60.8 Å². The number of hydrogen-bond donors (Lipinski definition) is 0. The molecule has 0 bridgehead atoms. The van der Waals surface area contributed by atoms with E-state index in [9.17, 15) is 4.79 Å². The van der Waals surface area contributed by atoms with E-state index in [1.807, 2.05) is 20.8 Å². The van der Waals surface area contributed by atoms with Gasteiger partial charge in [-0.15, -0.1) is 0 Å². The number of nitrogens with zero attached hydrogens (tertiary/aromatic N) is 1. The Hall–Kier alpha value is -0.370. The van der Waals surface area contributed by atoms with Crippen molar-refractivity contribution >= 4 is 5.78 Å². The summed E-state index contributed by atoms with van der Waals surface area (Å²) in [6.07, 6.45) is 3.14. The summed E-state index contributed by atoms with van der Waals surface area (Å²) in [6, 6.07) is 0. The summed E-state index contributed by atoms with van der Waals surface area (Å²) < 4.78 is 0. The minimum atomic E-state index is -0.166. The molecule has 0 amide bonds. The first-order valence-electron chi connectivity index (χ1n) is 6.89. The first kappa shape index (κ1) is 14.7. The Balaban J connectivity index is 2.41. The van der Waals surface area contributed by atoms with E-state index >= 15 is 0 Å². The van der Waals surface area contributed by atoms with Crippen LogP contribution in [0, 0.1) is 11.3 Å². The molecule has 1 saturated heterocycles.